The lowest BCUT2D eigenvalue weighted by molar-refractivity contribution is 0.113. The van der Waals surface area contributed by atoms with Crippen molar-refractivity contribution in [3.05, 3.63) is 47.5 Å². The second-order valence-electron chi connectivity index (χ2n) is 8.74. The Balaban J connectivity index is 0.00000289. The molecule has 0 amide bonds. The molecule has 3 heterocycles. The molecular weight excluding hydrogens is 517 g/mol. The molecule has 2 saturated heterocycles. The Morgan fingerprint density at radius 1 is 1.25 bits per heavy atom. The number of aliphatic imine (C=N–C) groups is 1. The standard InChI is InChI=1S/C23H35N7O.HI/c1-17-12-20(16-30(17)15-19-8-5-4-6-9-19)26-23(24-13-21-10-7-11-31-21)25-14-22-28-27-18(2)29(22)3;/h4-6,8-9,17,20-21H,7,10-16H2,1-3H3,(H2,24,25,26);1H. The zero-order valence-corrected chi connectivity index (χ0v) is 21.7. The number of nitrogens with one attached hydrogen (secondary N) is 2. The van der Waals surface area contributed by atoms with Crippen LogP contribution >= 0.6 is 24.0 Å². The summed E-state index contributed by atoms with van der Waals surface area (Å²) in [5, 5.41) is 15.6. The van der Waals surface area contributed by atoms with E-state index < -0.39 is 0 Å². The third kappa shape index (κ3) is 6.64. The molecule has 1 aromatic heterocycles. The van der Waals surface area contributed by atoms with Gasteiger partial charge in [-0.2, -0.15) is 0 Å². The number of likely N-dealkylation sites (tertiary alicyclic amines) is 1. The van der Waals surface area contributed by atoms with E-state index in [1.54, 1.807) is 0 Å². The number of guanidine groups is 1. The quantitative estimate of drug-likeness (QED) is 0.312. The average molecular weight is 553 g/mol. The van der Waals surface area contributed by atoms with Crippen LogP contribution in [-0.4, -0.2) is 63.5 Å². The predicted molar refractivity (Wildman–Crippen MR) is 137 cm³/mol. The van der Waals surface area contributed by atoms with Gasteiger partial charge in [0.15, 0.2) is 11.8 Å². The summed E-state index contributed by atoms with van der Waals surface area (Å²) in [5.41, 5.74) is 1.36. The van der Waals surface area contributed by atoms with Crippen molar-refractivity contribution in [3.8, 4) is 0 Å². The van der Waals surface area contributed by atoms with Gasteiger partial charge in [-0.1, -0.05) is 30.3 Å². The zero-order valence-electron chi connectivity index (χ0n) is 19.3. The molecule has 2 fully saturated rings. The zero-order chi connectivity index (χ0) is 21.6. The predicted octanol–water partition coefficient (Wildman–Crippen LogP) is 2.62. The SMILES string of the molecule is Cc1nnc(CN=C(NCC2CCCO2)NC2CC(C)N(Cc3ccccc3)C2)n1C.I. The normalized spacial score (nSPS) is 23.8. The van der Waals surface area contributed by atoms with Gasteiger partial charge in [-0.25, -0.2) is 4.99 Å². The van der Waals surface area contributed by atoms with E-state index in [1.807, 2.05) is 18.5 Å². The van der Waals surface area contributed by atoms with Crippen LogP contribution in [0.1, 0.15) is 43.4 Å². The molecule has 9 heteroatoms. The summed E-state index contributed by atoms with van der Waals surface area (Å²) in [5.74, 6) is 2.59. The fourth-order valence-corrected chi connectivity index (χ4v) is 4.34. The minimum atomic E-state index is 0. The van der Waals surface area contributed by atoms with Crippen molar-refractivity contribution in [2.75, 3.05) is 19.7 Å². The van der Waals surface area contributed by atoms with Gasteiger partial charge < -0.3 is 19.9 Å². The highest BCUT2D eigenvalue weighted by molar-refractivity contribution is 14.0. The Morgan fingerprint density at radius 3 is 2.75 bits per heavy atom. The van der Waals surface area contributed by atoms with Crippen molar-refractivity contribution >= 4 is 29.9 Å². The molecule has 0 radical (unpaired) electrons. The third-order valence-electron chi connectivity index (χ3n) is 6.36. The summed E-state index contributed by atoms with van der Waals surface area (Å²) in [7, 11) is 1.98. The Bertz CT molecular complexity index is 866. The molecule has 4 rings (SSSR count). The summed E-state index contributed by atoms with van der Waals surface area (Å²) in [6, 6.07) is 11.6. The number of halogens is 1. The van der Waals surface area contributed by atoms with Gasteiger partial charge in [0.1, 0.15) is 12.4 Å². The summed E-state index contributed by atoms with van der Waals surface area (Å²) in [6.45, 7) is 8.38. The molecule has 32 heavy (non-hydrogen) atoms. The lowest BCUT2D eigenvalue weighted by Gasteiger charge is -2.21. The molecule has 0 saturated carbocycles. The molecule has 8 nitrogen and oxygen atoms in total. The highest BCUT2D eigenvalue weighted by atomic mass is 127. The van der Waals surface area contributed by atoms with E-state index in [2.05, 4.69) is 63.0 Å². The van der Waals surface area contributed by atoms with E-state index in [1.165, 1.54) is 5.56 Å². The lowest BCUT2D eigenvalue weighted by Crippen LogP contribution is -2.46. The summed E-state index contributed by atoms with van der Waals surface area (Å²) < 4.78 is 7.77. The number of rotatable bonds is 7. The van der Waals surface area contributed by atoms with Gasteiger partial charge in [0.05, 0.1) is 6.10 Å². The topological polar surface area (TPSA) is 79.6 Å². The van der Waals surface area contributed by atoms with Crippen LogP contribution in [0.15, 0.2) is 35.3 Å². The van der Waals surface area contributed by atoms with Crippen molar-refractivity contribution in [2.24, 2.45) is 12.0 Å². The van der Waals surface area contributed by atoms with Crippen LogP contribution in [0.5, 0.6) is 0 Å². The number of hydrogen-bond acceptors (Lipinski definition) is 5. The molecule has 2 N–H and O–H groups in total. The van der Waals surface area contributed by atoms with E-state index in [9.17, 15) is 0 Å². The maximum absolute atomic E-state index is 5.78. The third-order valence-corrected chi connectivity index (χ3v) is 6.36. The molecular formula is C23H36IN7O. The van der Waals surface area contributed by atoms with Gasteiger partial charge in [-0.15, -0.1) is 34.2 Å². The number of aromatic nitrogens is 3. The van der Waals surface area contributed by atoms with Crippen LogP contribution in [0.2, 0.25) is 0 Å². The first-order chi connectivity index (χ1) is 15.1. The monoisotopic (exact) mass is 553 g/mol. The molecule has 3 unspecified atom stereocenters. The second-order valence-corrected chi connectivity index (χ2v) is 8.74. The molecule has 1 aromatic carbocycles. The molecule has 2 aliphatic heterocycles. The largest absolute Gasteiger partial charge is 0.376 e. The van der Waals surface area contributed by atoms with Crippen molar-refractivity contribution in [1.82, 2.24) is 30.3 Å². The number of nitrogens with zero attached hydrogens (tertiary/aromatic N) is 5. The van der Waals surface area contributed by atoms with Crippen LogP contribution in [0.4, 0.5) is 0 Å². The molecule has 2 aromatic rings. The van der Waals surface area contributed by atoms with Gasteiger partial charge in [-0.05, 0) is 38.7 Å². The summed E-state index contributed by atoms with van der Waals surface area (Å²) >= 11 is 0. The van der Waals surface area contributed by atoms with Gasteiger partial charge in [0.25, 0.3) is 0 Å². The summed E-state index contributed by atoms with van der Waals surface area (Å²) in [6.07, 6.45) is 3.60. The molecule has 0 aliphatic carbocycles. The Morgan fingerprint density at radius 2 is 2.06 bits per heavy atom. The van der Waals surface area contributed by atoms with Crippen molar-refractivity contribution in [1.29, 1.82) is 0 Å². The first-order valence-corrected chi connectivity index (χ1v) is 11.4. The van der Waals surface area contributed by atoms with Crippen LogP contribution in [-0.2, 0) is 24.9 Å². The van der Waals surface area contributed by atoms with E-state index in [-0.39, 0.29) is 30.1 Å². The van der Waals surface area contributed by atoms with E-state index in [4.69, 9.17) is 9.73 Å². The van der Waals surface area contributed by atoms with Gasteiger partial charge in [0.2, 0.25) is 0 Å². The fourth-order valence-electron chi connectivity index (χ4n) is 4.34. The van der Waals surface area contributed by atoms with Crippen LogP contribution in [0.3, 0.4) is 0 Å². The lowest BCUT2D eigenvalue weighted by atomic mass is 10.2. The van der Waals surface area contributed by atoms with Gasteiger partial charge >= 0.3 is 0 Å². The first-order valence-electron chi connectivity index (χ1n) is 11.4. The number of aryl methyl sites for hydroxylation is 1. The van der Waals surface area contributed by atoms with Gasteiger partial charge in [0, 0.05) is 45.4 Å². The molecule has 0 bridgehead atoms. The highest BCUT2D eigenvalue weighted by Crippen LogP contribution is 2.20. The highest BCUT2D eigenvalue weighted by Gasteiger charge is 2.29. The van der Waals surface area contributed by atoms with Crippen LogP contribution < -0.4 is 10.6 Å². The Kier molecular flexibility index (Phi) is 9.30. The van der Waals surface area contributed by atoms with E-state index in [0.717, 1.165) is 63.1 Å². The average Bonchev–Trinajstić information content (AvgIpc) is 3.48. The molecule has 3 atom stereocenters. The molecule has 176 valence electrons. The maximum atomic E-state index is 5.78. The smallest absolute Gasteiger partial charge is 0.192 e. The van der Waals surface area contributed by atoms with Crippen molar-refractivity contribution in [2.45, 2.75) is 64.4 Å². The molecule has 0 spiro atoms. The van der Waals surface area contributed by atoms with Crippen LogP contribution in [0, 0.1) is 6.92 Å². The number of benzene rings is 1. The van der Waals surface area contributed by atoms with Crippen molar-refractivity contribution < 1.29 is 4.74 Å². The van der Waals surface area contributed by atoms with Crippen LogP contribution in [0.25, 0.3) is 0 Å². The minimum absolute atomic E-state index is 0. The fraction of sp³-hybridized carbons (Fsp3) is 0.609. The van der Waals surface area contributed by atoms with E-state index >= 15 is 0 Å². The number of ether oxygens (including phenoxy) is 1. The first kappa shape index (κ1) is 24.9. The van der Waals surface area contributed by atoms with E-state index in [0.29, 0.717) is 18.6 Å². The van der Waals surface area contributed by atoms with Crippen molar-refractivity contribution in [3.63, 3.8) is 0 Å². The Labute approximate surface area is 208 Å². The minimum Gasteiger partial charge on any atom is -0.376 e. The number of hydrogen-bond donors (Lipinski definition) is 2. The maximum Gasteiger partial charge on any atom is 0.192 e. The second kappa shape index (κ2) is 11.9. The Hall–Kier alpha value is -1.72. The van der Waals surface area contributed by atoms with Gasteiger partial charge in [-0.3, -0.25) is 4.90 Å². The molecule has 2 aliphatic rings. The summed E-state index contributed by atoms with van der Waals surface area (Å²) in [4.78, 5) is 7.36.